The molecule has 3 nitrogen and oxygen atoms in total. The Kier molecular flexibility index (Phi) is 4.27. The van der Waals surface area contributed by atoms with Gasteiger partial charge in [-0.05, 0) is 51.6 Å². The van der Waals surface area contributed by atoms with Crippen LogP contribution in [-0.4, -0.2) is 13.2 Å². The van der Waals surface area contributed by atoms with Crippen LogP contribution in [-0.2, 0) is 0 Å². The van der Waals surface area contributed by atoms with Crippen LogP contribution in [0.4, 0.5) is 0 Å². The first-order valence-corrected chi connectivity index (χ1v) is 6.59. The molecule has 0 fully saturated rings. The summed E-state index contributed by atoms with van der Waals surface area (Å²) in [6.45, 7) is 6.01. The number of hydrogen-bond acceptors (Lipinski definition) is 3. The van der Waals surface area contributed by atoms with E-state index in [-0.39, 0.29) is 12.1 Å². The fraction of sp³-hybridized carbons (Fsp3) is 0.375. The first-order chi connectivity index (χ1) is 9.10. The molecular formula is C16H21NO2. The SMILES string of the molecule is CNC(c1cccc(OC(C)C)c1)c1coc(C)c1. The van der Waals surface area contributed by atoms with Crippen molar-refractivity contribution in [3.8, 4) is 5.75 Å². The maximum absolute atomic E-state index is 5.74. The molecule has 0 amide bonds. The fourth-order valence-electron chi connectivity index (χ4n) is 2.18. The monoisotopic (exact) mass is 259 g/mol. The van der Waals surface area contributed by atoms with Crippen LogP contribution in [0, 0.1) is 6.92 Å². The summed E-state index contributed by atoms with van der Waals surface area (Å²) in [5.74, 6) is 1.82. The zero-order chi connectivity index (χ0) is 13.8. The van der Waals surface area contributed by atoms with Gasteiger partial charge in [-0.25, -0.2) is 0 Å². The van der Waals surface area contributed by atoms with Crippen LogP contribution in [0.5, 0.6) is 5.75 Å². The topological polar surface area (TPSA) is 34.4 Å². The Bertz CT molecular complexity index is 531. The minimum absolute atomic E-state index is 0.119. The lowest BCUT2D eigenvalue weighted by Gasteiger charge is -2.17. The quantitative estimate of drug-likeness (QED) is 0.889. The Morgan fingerprint density at radius 2 is 1.95 bits per heavy atom. The van der Waals surface area contributed by atoms with E-state index in [1.807, 2.05) is 40.0 Å². The van der Waals surface area contributed by atoms with Crippen LogP contribution in [0.25, 0.3) is 0 Å². The lowest BCUT2D eigenvalue weighted by Crippen LogP contribution is -2.17. The van der Waals surface area contributed by atoms with Gasteiger partial charge in [0.25, 0.3) is 0 Å². The molecule has 102 valence electrons. The molecular weight excluding hydrogens is 238 g/mol. The number of ether oxygens (including phenoxy) is 1. The number of benzene rings is 1. The van der Waals surface area contributed by atoms with Crippen molar-refractivity contribution in [3.05, 3.63) is 53.5 Å². The average Bonchev–Trinajstić information content (AvgIpc) is 2.76. The second-order valence-electron chi connectivity index (χ2n) is 4.95. The number of furan rings is 1. The Labute approximate surface area is 114 Å². The highest BCUT2D eigenvalue weighted by atomic mass is 16.5. The third kappa shape index (κ3) is 3.38. The molecule has 1 unspecified atom stereocenters. The highest BCUT2D eigenvalue weighted by molar-refractivity contribution is 5.36. The molecule has 0 bridgehead atoms. The lowest BCUT2D eigenvalue weighted by molar-refractivity contribution is 0.242. The Morgan fingerprint density at radius 3 is 2.53 bits per heavy atom. The molecule has 0 aliphatic heterocycles. The molecule has 19 heavy (non-hydrogen) atoms. The molecule has 1 atom stereocenters. The molecule has 1 aromatic carbocycles. The van der Waals surface area contributed by atoms with Gasteiger partial charge < -0.3 is 14.5 Å². The first-order valence-electron chi connectivity index (χ1n) is 6.59. The van der Waals surface area contributed by atoms with Gasteiger partial charge >= 0.3 is 0 Å². The molecule has 0 saturated heterocycles. The summed E-state index contributed by atoms with van der Waals surface area (Å²) in [6.07, 6.45) is 1.98. The predicted octanol–water partition coefficient (Wildman–Crippen LogP) is 3.68. The van der Waals surface area contributed by atoms with E-state index >= 15 is 0 Å². The molecule has 3 heteroatoms. The van der Waals surface area contributed by atoms with Crippen molar-refractivity contribution < 1.29 is 9.15 Å². The lowest BCUT2D eigenvalue weighted by atomic mass is 10.0. The van der Waals surface area contributed by atoms with Crippen LogP contribution in [0.3, 0.4) is 0 Å². The van der Waals surface area contributed by atoms with Gasteiger partial charge in [0, 0.05) is 5.56 Å². The number of aryl methyl sites for hydroxylation is 1. The minimum Gasteiger partial charge on any atom is -0.491 e. The molecule has 0 spiro atoms. The second-order valence-corrected chi connectivity index (χ2v) is 4.95. The maximum Gasteiger partial charge on any atom is 0.120 e. The number of rotatable bonds is 5. The molecule has 0 aliphatic rings. The van der Waals surface area contributed by atoms with E-state index in [0.717, 1.165) is 17.1 Å². The average molecular weight is 259 g/mol. The predicted molar refractivity (Wildman–Crippen MR) is 76.6 cm³/mol. The zero-order valence-electron chi connectivity index (χ0n) is 11.9. The Hall–Kier alpha value is -1.74. The molecule has 2 aromatic rings. The van der Waals surface area contributed by atoms with E-state index in [2.05, 4.69) is 23.5 Å². The van der Waals surface area contributed by atoms with Crippen molar-refractivity contribution in [1.82, 2.24) is 5.32 Å². The van der Waals surface area contributed by atoms with E-state index in [9.17, 15) is 0 Å². The highest BCUT2D eigenvalue weighted by Gasteiger charge is 2.14. The summed E-state index contributed by atoms with van der Waals surface area (Å²) in [6, 6.07) is 10.3. The van der Waals surface area contributed by atoms with Crippen LogP contribution in [0.2, 0.25) is 0 Å². The summed E-state index contributed by atoms with van der Waals surface area (Å²) in [5, 5.41) is 3.31. The van der Waals surface area contributed by atoms with Crippen LogP contribution >= 0.6 is 0 Å². The first kappa shape index (κ1) is 13.7. The summed E-state index contributed by atoms with van der Waals surface area (Å²) in [4.78, 5) is 0. The zero-order valence-corrected chi connectivity index (χ0v) is 11.9. The van der Waals surface area contributed by atoms with Crippen molar-refractivity contribution in [3.63, 3.8) is 0 Å². The largest absolute Gasteiger partial charge is 0.491 e. The number of hydrogen-bond donors (Lipinski definition) is 1. The third-order valence-electron chi connectivity index (χ3n) is 2.94. The van der Waals surface area contributed by atoms with E-state index in [1.54, 1.807) is 6.26 Å². The standard InChI is InChI=1S/C16H21NO2/c1-11(2)19-15-7-5-6-13(9-15)16(17-4)14-8-12(3)18-10-14/h5-11,16-17H,1-4H3. The second kappa shape index (κ2) is 5.93. The van der Waals surface area contributed by atoms with E-state index in [4.69, 9.17) is 9.15 Å². The summed E-state index contributed by atoms with van der Waals surface area (Å²) >= 11 is 0. The molecule has 2 rings (SSSR count). The molecule has 1 heterocycles. The van der Waals surface area contributed by atoms with Crippen molar-refractivity contribution in [1.29, 1.82) is 0 Å². The minimum atomic E-state index is 0.119. The van der Waals surface area contributed by atoms with Gasteiger partial charge in [-0.15, -0.1) is 0 Å². The Morgan fingerprint density at radius 1 is 1.16 bits per heavy atom. The van der Waals surface area contributed by atoms with Crippen molar-refractivity contribution in [2.75, 3.05) is 7.05 Å². The van der Waals surface area contributed by atoms with Crippen LogP contribution in [0.15, 0.2) is 41.0 Å². The van der Waals surface area contributed by atoms with Gasteiger partial charge in [-0.3, -0.25) is 0 Å². The van der Waals surface area contributed by atoms with Crippen molar-refractivity contribution in [2.24, 2.45) is 0 Å². The third-order valence-corrected chi connectivity index (χ3v) is 2.94. The molecule has 1 aromatic heterocycles. The van der Waals surface area contributed by atoms with Gasteiger partial charge in [0.1, 0.15) is 11.5 Å². The highest BCUT2D eigenvalue weighted by Crippen LogP contribution is 2.26. The van der Waals surface area contributed by atoms with Gasteiger partial charge in [0.05, 0.1) is 18.4 Å². The van der Waals surface area contributed by atoms with Gasteiger partial charge in [-0.1, -0.05) is 12.1 Å². The summed E-state index contributed by atoms with van der Waals surface area (Å²) in [7, 11) is 1.95. The van der Waals surface area contributed by atoms with Crippen molar-refractivity contribution in [2.45, 2.75) is 32.9 Å². The Balaban J connectivity index is 2.28. The van der Waals surface area contributed by atoms with Crippen LogP contribution in [0.1, 0.15) is 36.8 Å². The summed E-state index contributed by atoms with van der Waals surface area (Å²) < 4.78 is 11.1. The normalized spacial score (nSPS) is 12.7. The maximum atomic E-state index is 5.74. The van der Waals surface area contributed by atoms with Gasteiger partial charge in [-0.2, -0.15) is 0 Å². The molecule has 1 N–H and O–H groups in total. The van der Waals surface area contributed by atoms with Crippen molar-refractivity contribution >= 4 is 0 Å². The fourth-order valence-corrected chi connectivity index (χ4v) is 2.18. The van der Waals surface area contributed by atoms with E-state index in [1.165, 1.54) is 5.56 Å². The summed E-state index contributed by atoms with van der Waals surface area (Å²) in [5.41, 5.74) is 2.29. The molecule has 0 aliphatic carbocycles. The number of nitrogens with one attached hydrogen (secondary N) is 1. The van der Waals surface area contributed by atoms with Crippen LogP contribution < -0.4 is 10.1 Å². The van der Waals surface area contributed by atoms with E-state index in [0.29, 0.717) is 0 Å². The molecule has 0 saturated carbocycles. The molecule has 0 radical (unpaired) electrons. The smallest absolute Gasteiger partial charge is 0.120 e. The van der Waals surface area contributed by atoms with Gasteiger partial charge in [0.2, 0.25) is 0 Å². The van der Waals surface area contributed by atoms with Gasteiger partial charge in [0.15, 0.2) is 0 Å². The van der Waals surface area contributed by atoms with E-state index < -0.39 is 0 Å².